The van der Waals surface area contributed by atoms with Gasteiger partial charge in [0.15, 0.2) is 0 Å². The third-order valence-corrected chi connectivity index (χ3v) is 4.98. The highest BCUT2D eigenvalue weighted by Gasteiger charge is 2.30. The lowest BCUT2D eigenvalue weighted by Crippen LogP contribution is -2.29. The molecule has 0 saturated heterocycles. The molecule has 0 aliphatic carbocycles. The number of aryl methyl sites for hydroxylation is 1. The molecule has 6 nitrogen and oxygen atoms in total. The molecule has 1 amide bonds. The fourth-order valence-corrected chi connectivity index (χ4v) is 3.29. The molecule has 0 aliphatic heterocycles. The molecule has 0 unspecified atom stereocenters. The molecule has 0 heterocycles. The summed E-state index contributed by atoms with van der Waals surface area (Å²) in [4.78, 5) is 25.9. The summed E-state index contributed by atoms with van der Waals surface area (Å²) in [5.74, 6) is -1.39. The van der Waals surface area contributed by atoms with Gasteiger partial charge in [0.2, 0.25) is 0 Å². The summed E-state index contributed by atoms with van der Waals surface area (Å²) in [6.07, 6.45) is 3.25. The van der Waals surface area contributed by atoms with Gasteiger partial charge < -0.3 is 14.9 Å². The van der Waals surface area contributed by atoms with Crippen molar-refractivity contribution >= 4 is 24.9 Å². The van der Waals surface area contributed by atoms with Gasteiger partial charge in [-0.05, 0) is 42.0 Å². The van der Waals surface area contributed by atoms with Gasteiger partial charge in [-0.3, -0.25) is 9.59 Å². The van der Waals surface area contributed by atoms with E-state index in [9.17, 15) is 24.9 Å². The molecule has 2 rings (SSSR count). The second kappa shape index (κ2) is 11.8. The Morgan fingerprint density at radius 1 is 1.10 bits per heavy atom. The number of ketones is 1. The number of carbonyl (C=O) groups is 2. The summed E-state index contributed by atoms with van der Waals surface area (Å²) in [5, 5.41) is 28.6. The first-order valence-corrected chi connectivity index (χ1v) is 10.2. The van der Waals surface area contributed by atoms with E-state index < -0.39 is 12.9 Å². The van der Waals surface area contributed by atoms with Crippen LogP contribution in [0.15, 0.2) is 60.2 Å². The molecule has 2 N–H and O–H groups in total. The Bertz CT molecular complexity index is 965. The van der Waals surface area contributed by atoms with E-state index >= 15 is 0 Å². The third-order valence-electron chi connectivity index (χ3n) is 4.98. The van der Waals surface area contributed by atoms with E-state index in [-0.39, 0.29) is 30.1 Å². The highest BCUT2D eigenvalue weighted by atomic mass is 16.4. The van der Waals surface area contributed by atoms with Gasteiger partial charge in [-0.15, -0.1) is 0 Å². The van der Waals surface area contributed by atoms with E-state index in [4.69, 9.17) is 0 Å². The second-order valence-electron chi connectivity index (χ2n) is 7.64. The third kappa shape index (κ3) is 7.52. The lowest BCUT2D eigenvalue weighted by molar-refractivity contribution is -0.124. The van der Waals surface area contributed by atoms with Gasteiger partial charge in [0, 0.05) is 20.5 Å². The van der Waals surface area contributed by atoms with Gasteiger partial charge in [0.1, 0.15) is 17.4 Å². The molecular formula is C24H27BN2O4. The van der Waals surface area contributed by atoms with Crippen molar-refractivity contribution in [2.45, 2.75) is 31.5 Å². The van der Waals surface area contributed by atoms with Crippen molar-refractivity contribution in [2.24, 2.45) is 0 Å². The number of Topliss-reactive ketones (excluding diaryl/α,β-unsaturated/α-hetero) is 1. The number of benzene rings is 2. The highest BCUT2D eigenvalue weighted by Crippen LogP contribution is 2.20. The molecule has 7 heteroatoms. The van der Waals surface area contributed by atoms with Crippen LogP contribution < -0.4 is 0 Å². The minimum Gasteiger partial charge on any atom is -0.427 e. The maximum absolute atomic E-state index is 12.6. The average molecular weight is 418 g/mol. The molecule has 0 spiro atoms. The SMILES string of the molecule is CN(C)C(=O)C(C#N)=Cc1cccc(CCCC(=O)[C@@H](Cc2ccccc2)B(O)O)c1. The molecule has 0 bridgehead atoms. The Balaban J connectivity index is 1.98. The Kier molecular flexibility index (Phi) is 9.20. The first kappa shape index (κ1) is 24.1. The first-order chi connectivity index (χ1) is 14.8. The van der Waals surface area contributed by atoms with Crippen LogP contribution in [-0.4, -0.2) is 47.9 Å². The van der Waals surface area contributed by atoms with Crippen LogP contribution >= 0.6 is 0 Å². The first-order valence-electron chi connectivity index (χ1n) is 10.2. The van der Waals surface area contributed by atoms with Crippen LogP contribution in [0.5, 0.6) is 0 Å². The standard InChI is InChI=1S/C24H27BN2O4/c1-27(2)24(29)21(17-26)15-20-12-6-10-18(14-20)11-7-13-23(28)22(25(30)31)16-19-8-4-3-5-9-19/h3-6,8-10,12,14-15,22,30-31H,7,11,13,16H2,1-2H3/t22-/m1/s1. The largest absolute Gasteiger partial charge is 0.462 e. The molecule has 0 radical (unpaired) electrons. The minimum absolute atomic E-state index is 0.0537. The van der Waals surface area contributed by atoms with Crippen molar-refractivity contribution in [3.05, 3.63) is 76.9 Å². The Morgan fingerprint density at radius 2 is 1.77 bits per heavy atom. The normalized spacial score (nSPS) is 12.0. The Labute approximate surface area is 183 Å². The van der Waals surface area contributed by atoms with Crippen LogP contribution in [-0.2, 0) is 22.4 Å². The summed E-state index contributed by atoms with van der Waals surface area (Å²) < 4.78 is 0. The summed E-state index contributed by atoms with van der Waals surface area (Å²) in [5.41, 5.74) is 2.65. The number of nitriles is 1. The molecule has 2 aromatic carbocycles. The van der Waals surface area contributed by atoms with Crippen molar-refractivity contribution in [2.75, 3.05) is 14.1 Å². The zero-order valence-electron chi connectivity index (χ0n) is 17.9. The van der Waals surface area contributed by atoms with E-state index in [1.807, 2.05) is 60.7 Å². The van der Waals surface area contributed by atoms with Gasteiger partial charge in [-0.2, -0.15) is 5.26 Å². The number of hydrogen-bond donors (Lipinski definition) is 2. The van der Waals surface area contributed by atoms with Crippen LogP contribution in [0.3, 0.4) is 0 Å². The maximum atomic E-state index is 12.6. The van der Waals surface area contributed by atoms with Gasteiger partial charge in [0.05, 0.1) is 5.82 Å². The lowest BCUT2D eigenvalue weighted by Gasteiger charge is -2.15. The van der Waals surface area contributed by atoms with Crippen LogP contribution in [0, 0.1) is 11.3 Å². The summed E-state index contributed by atoms with van der Waals surface area (Å²) >= 11 is 0. The highest BCUT2D eigenvalue weighted by molar-refractivity contribution is 6.49. The molecule has 31 heavy (non-hydrogen) atoms. The van der Waals surface area contributed by atoms with E-state index in [1.54, 1.807) is 20.2 Å². The molecule has 0 fully saturated rings. The van der Waals surface area contributed by atoms with Gasteiger partial charge >= 0.3 is 7.12 Å². The van der Waals surface area contributed by atoms with E-state index in [0.29, 0.717) is 12.8 Å². The van der Waals surface area contributed by atoms with Crippen molar-refractivity contribution in [3.8, 4) is 6.07 Å². The van der Waals surface area contributed by atoms with E-state index in [1.165, 1.54) is 4.90 Å². The number of carbonyl (C=O) groups excluding carboxylic acids is 2. The summed E-state index contributed by atoms with van der Waals surface area (Å²) in [6, 6.07) is 18.7. The zero-order valence-corrected chi connectivity index (χ0v) is 17.9. The van der Waals surface area contributed by atoms with E-state index in [0.717, 1.165) is 16.7 Å². The topological polar surface area (TPSA) is 102 Å². The molecule has 1 atom stereocenters. The summed E-state index contributed by atoms with van der Waals surface area (Å²) in [6.45, 7) is 0. The number of hydrogen-bond acceptors (Lipinski definition) is 5. The molecule has 0 saturated carbocycles. The second-order valence-corrected chi connectivity index (χ2v) is 7.64. The lowest BCUT2D eigenvalue weighted by atomic mass is 9.66. The zero-order chi connectivity index (χ0) is 22.8. The minimum atomic E-state index is -1.69. The van der Waals surface area contributed by atoms with Crippen molar-refractivity contribution < 1.29 is 19.6 Å². The van der Waals surface area contributed by atoms with Gasteiger partial charge in [-0.1, -0.05) is 54.6 Å². The fourth-order valence-electron chi connectivity index (χ4n) is 3.29. The number of likely N-dealkylation sites (N-methyl/N-ethyl adjacent to an activating group) is 1. The smallest absolute Gasteiger partial charge is 0.427 e. The number of rotatable bonds is 10. The quantitative estimate of drug-likeness (QED) is 0.351. The van der Waals surface area contributed by atoms with E-state index in [2.05, 4.69) is 0 Å². The average Bonchev–Trinajstić information content (AvgIpc) is 2.76. The van der Waals surface area contributed by atoms with Crippen molar-refractivity contribution in [3.63, 3.8) is 0 Å². The van der Waals surface area contributed by atoms with Crippen molar-refractivity contribution in [1.29, 1.82) is 5.26 Å². The Hall–Kier alpha value is -3.21. The molecule has 0 aliphatic rings. The summed E-state index contributed by atoms with van der Waals surface area (Å²) in [7, 11) is 1.49. The number of amides is 1. The van der Waals surface area contributed by atoms with Gasteiger partial charge in [-0.25, -0.2) is 0 Å². The van der Waals surface area contributed by atoms with Crippen molar-refractivity contribution in [1.82, 2.24) is 4.90 Å². The maximum Gasteiger partial charge on any atom is 0.462 e. The predicted octanol–water partition coefficient (Wildman–Crippen LogP) is 2.66. The molecule has 160 valence electrons. The fraction of sp³-hybridized carbons (Fsp3) is 0.292. The van der Waals surface area contributed by atoms with Crippen LogP contribution in [0.2, 0.25) is 5.82 Å². The molecular weight excluding hydrogens is 391 g/mol. The Morgan fingerprint density at radius 3 is 2.39 bits per heavy atom. The van der Waals surface area contributed by atoms with Crippen LogP contribution in [0.1, 0.15) is 29.5 Å². The monoisotopic (exact) mass is 418 g/mol. The number of nitrogens with zero attached hydrogens (tertiary/aromatic N) is 2. The van der Waals surface area contributed by atoms with Crippen LogP contribution in [0.4, 0.5) is 0 Å². The molecule has 0 aromatic heterocycles. The molecule has 2 aromatic rings. The van der Waals surface area contributed by atoms with Crippen LogP contribution in [0.25, 0.3) is 6.08 Å². The predicted molar refractivity (Wildman–Crippen MR) is 121 cm³/mol. The van der Waals surface area contributed by atoms with Gasteiger partial charge in [0.25, 0.3) is 5.91 Å².